The molecule has 3 heterocycles. The van der Waals surface area contributed by atoms with Crippen molar-refractivity contribution < 1.29 is 27.5 Å². The average Bonchev–Trinajstić information content (AvgIpc) is 3.69. The first-order valence-electron chi connectivity index (χ1n) is 15.6. The Kier molecular flexibility index (Phi) is 7.25. The van der Waals surface area contributed by atoms with E-state index in [0.29, 0.717) is 19.0 Å². The Morgan fingerprint density at radius 2 is 1.77 bits per heavy atom. The van der Waals surface area contributed by atoms with Crippen LogP contribution in [0.15, 0.2) is 36.4 Å². The van der Waals surface area contributed by atoms with Gasteiger partial charge in [0.2, 0.25) is 5.91 Å². The summed E-state index contributed by atoms with van der Waals surface area (Å²) in [7, 11) is 0.821. The predicted octanol–water partition coefficient (Wildman–Crippen LogP) is 4.25. The van der Waals surface area contributed by atoms with Crippen molar-refractivity contribution in [1.82, 2.24) is 18.5 Å². The monoisotopic (exact) mass is 620 g/mol. The van der Waals surface area contributed by atoms with Crippen molar-refractivity contribution in [1.29, 1.82) is 0 Å². The molecule has 11 heteroatoms. The summed E-state index contributed by atoms with van der Waals surface area (Å²) in [6.45, 7) is 1.35. The molecule has 0 saturated heterocycles. The molecular weight excluding hydrogens is 580 g/mol. The van der Waals surface area contributed by atoms with Crippen LogP contribution in [0, 0.1) is 5.41 Å². The van der Waals surface area contributed by atoms with Gasteiger partial charge in [-0.05, 0) is 66.6 Å². The number of amides is 2. The van der Waals surface area contributed by atoms with E-state index in [9.17, 15) is 18.0 Å². The number of carbonyl (C=O) groups is 2. The van der Waals surface area contributed by atoms with E-state index in [4.69, 9.17) is 9.47 Å². The van der Waals surface area contributed by atoms with E-state index in [1.54, 1.807) is 18.1 Å². The highest BCUT2D eigenvalue weighted by molar-refractivity contribution is 7.87. The number of fused-ring (bicyclic) bond motifs is 4. The maximum atomic E-state index is 14.3. The standard InChI is InChI=1S/C33H40N4O6S/c1-35-13-15-43-16-14-36(2)44(40,41)34-31(38)22-9-11-25-28(17-22)37-20-33(32(35)39)19-27(33)26-18-23(42-3)10-12-24(26)30(37)29(25)21-7-5-4-6-8-21/h9-12,17-18,21,27H,4-8,13-16,19-20H2,1-3H3,(H,34,38)/t27?,33-/m1/s1. The van der Waals surface area contributed by atoms with Crippen molar-refractivity contribution in [2.75, 3.05) is 47.5 Å². The summed E-state index contributed by atoms with van der Waals surface area (Å²) in [6, 6.07) is 11.7. The molecule has 7 rings (SSSR count). The van der Waals surface area contributed by atoms with Crippen molar-refractivity contribution in [2.45, 2.75) is 56.9 Å². The van der Waals surface area contributed by atoms with Gasteiger partial charge < -0.3 is 18.9 Å². The number of ether oxygens (including phenoxy) is 2. The van der Waals surface area contributed by atoms with Crippen molar-refractivity contribution >= 4 is 32.9 Å². The molecule has 10 nitrogen and oxygen atoms in total. The minimum atomic E-state index is -4.08. The molecule has 2 fully saturated rings. The van der Waals surface area contributed by atoms with Crippen LogP contribution in [0.4, 0.5) is 0 Å². The molecule has 234 valence electrons. The first kappa shape index (κ1) is 29.3. The fourth-order valence-corrected chi connectivity index (χ4v) is 8.60. The van der Waals surface area contributed by atoms with E-state index >= 15 is 0 Å². The molecule has 3 aromatic rings. The summed E-state index contributed by atoms with van der Waals surface area (Å²) in [5.74, 6) is 0.538. The molecule has 2 atom stereocenters. The minimum absolute atomic E-state index is 0.0324. The van der Waals surface area contributed by atoms with Gasteiger partial charge in [-0.2, -0.15) is 12.7 Å². The van der Waals surface area contributed by atoms with E-state index in [2.05, 4.69) is 21.4 Å². The lowest BCUT2D eigenvalue weighted by atomic mass is 9.81. The first-order valence-corrected chi connectivity index (χ1v) is 17.0. The van der Waals surface area contributed by atoms with Gasteiger partial charge in [0.05, 0.1) is 31.4 Å². The number of carbonyl (C=O) groups excluding carboxylic acids is 2. The molecule has 2 aliphatic heterocycles. The number of nitrogens with one attached hydrogen (secondary N) is 1. The van der Waals surface area contributed by atoms with Gasteiger partial charge in [-0.1, -0.05) is 25.3 Å². The van der Waals surface area contributed by atoms with Crippen LogP contribution in [0.3, 0.4) is 0 Å². The Bertz CT molecular complexity index is 1760. The molecule has 1 N–H and O–H groups in total. The fourth-order valence-electron chi connectivity index (χ4n) is 7.77. The number of benzene rings is 2. The molecule has 44 heavy (non-hydrogen) atoms. The number of methoxy groups -OCH3 is 1. The third-order valence-electron chi connectivity index (χ3n) is 10.3. The lowest BCUT2D eigenvalue weighted by Gasteiger charge is -2.25. The maximum absolute atomic E-state index is 14.3. The summed E-state index contributed by atoms with van der Waals surface area (Å²) in [6.07, 6.45) is 6.44. The number of aromatic nitrogens is 1. The second kappa shape index (κ2) is 10.9. The van der Waals surface area contributed by atoms with Gasteiger partial charge in [0.15, 0.2) is 0 Å². The summed E-state index contributed by atoms with van der Waals surface area (Å²) in [5, 5.41) is 1.06. The number of nitrogens with zero attached hydrogens (tertiary/aromatic N) is 3. The van der Waals surface area contributed by atoms with E-state index in [0.717, 1.165) is 69.9 Å². The van der Waals surface area contributed by atoms with Crippen LogP contribution in [-0.2, 0) is 26.3 Å². The van der Waals surface area contributed by atoms with Gasteiger partial charge in [0.25, 0.3) is 5.91 Å². The predicted molar refractivity (Wildman–Crippen MR) is 167 cm³/mol. The van der Waals surface area contributed by atoms with Gasteiger partial charge in [0.1, 0.15) is 5.75 Å². The van der Waals surface area contributed by atoms with Crippen molar-refractivity contribution in [3.8, 4) is 17.0 Å². The molecule has 4 bridgehead atoms. The SMILES string of the molecule is COc1ccc2c(c1)C1C[C@@]13Cn1c-2c(C2CCCCC2)c2ccc(cc21)C(=O)NS(=O)(=O)N(C)CCOCCN(C)C3=O. The molecular formula is C33H40N4O6S. The van der Waals surface area contributed by atoms with Crippen LogP contribution in [0.5, 0.6) is 5.75 Å². The van der Waals surface area contributed by atoms with Crippen molar-refractivity contribution in [3.05, 3.63) is 53.1 Å². The van der Waals surface area contributed by atoms with Crippen molar-refractivity contribution in [3.63, 3.8) is 0 Å². The topological polar surface area (TPSA) is 110 Å². The summed E-state index contributed by atoms with van der Waals surface area (Å²) >= 11 is 0. The van der Waals surface area contributed by atoms with E-state index in [-0.39, 0.29) is 37.1 Å². The van der Waals surface area contributed by atoms with Crippen LogP contribution in [0.1, 0.15) is 71.8 Å². The number of likely N-dealkylation sites (N-methyl/N-ethyl adjacent to an activating group) is 2. The summed E-state index contributed by atoms with van der Waals surface area (Å²) < 4.78 is 43.0. The highest BCUT2D eigenvalue weighted by atomic mass is 32.2. The Labute approximate surface area is 258 Å². The summed E-state index contributed by atoms with van der Waals surface area (Å²) in [4.78, 5) is 29.5. The highest BCUT2D eigenvalue weighted by Crippen LogP contribution is 2.66. The average molecular weight is 621 g/mol. The third-order valence-corrected chi connectivity index (χ3v) is 11.8. The second-order valence-corrected chi connectivity index (χ2v) is 14.7. The molecule has 1 aromatic heterocycles. The van der Waals surface area contributed by atoms with Crippen LogP contribution >= 0.6 is 0 Å². The Morgan fingerprint density at radius 1 is 1.00 bits per heavy atom. The van der Waals surface area contributed by atoms with Crippen LogP contribution in [0.2, 0.25) is 0 Å². The van der Waals surface area contributed by atoms with Gasteiger partial charge in [0, 0.05) is 61.7 Å². The zero-order valence-electron chi connectivity index (χ0n) is 25.6. The largest absolute Gasteiger partial charge is 0.497 e. The maximum Gasteiger partial charge on any atom is 0.303 e. The molecule has 1 unspecified atom stereocenters. The quantitative estimate of drug-likeness (QED) is 0.459. The molecule has 2 saturated carbocycles. The Balaban J connectivity index is 1.48. The first-order chi connectivity index (χ1) is 21.1. The van der Waals surface area contributed by atoms with Crippen LogP contribution in [0.25, 0.3) is 22.2 Å². The molecule has 2 amide bonds. The van der Waals surface area contributed by atoms with Gasteiger partial charge in [-0.25, -0.2) is 4.72 Å². The Hall–Kier alpha value is -3.41. The zero-order valence-corrected chi connectivity index (χ0v) is 26.4. The lowest BCUT2D eigenvalue weighted by Crippen LogP contribution is -2.43. The normalized spacial score (nSPS) is 26.2. The third kappa shape index (κ3) is 4.71. The second-order valence-electron chi connectivity index (χ2n) is 12.9. The molecule has 2 aliphatic carbocycles. The van der Waals surface area contributed by atoms with E-state index in [1.165, 1.54) is 19.0 Å². The highest BCUT2D eigenvalue weighted by Gasteiger charge is 2.63. The van der Waals surface area contributed by atoms with Gasteiger partial charge in [-0.15, -0.1) is 0 Å². The number of hydrogen-bond acceptors (Lipinski definition) is 6. The zero-order chi connectivity index (χ0) is 30.8. The Morgan fingerprint density at radius 3 is 2.55 bits per heavy atom. The minimum Gasteiger partial charge on any atom is -0.497 e. The molecule has 2 aromatic carbocycles. The molecule has 0 radical (unpaired) electrons. The fraction of sp³-hybridized carbons (Fsp3) is 0.515. The van der Waals surface area contributed by atoms with Crippen molar-refractivity contribution in [2.24, 2.45) is 5.41 Å². The smallest absolute Gasteiger partial charge is 0.303 e. The van der Waals surface area contributed by atoms with Crippen LogP contribution in [-0.4, -0.2) is 81.5 Å². The van der Waals surface area contributed by atoms with Crippen LogP contribution < -0.4 is 9.46 Å². The molecule has 4 aliphatic rings. The van der Waals surface area contributed by atoms with E-state index in [1.807, 2.05) is 25.2 Å². The van der Waals surface area contributed by atoms with Gasteiger partial charge in [-0.3, -0.25) is 9.59 Å². The van der Waals surface area contributed by atoms with E-state index < -0.39 is 21.5 Å². The summed E-state index contributed by atoms with van der Waals surface area (Å²) in [5.41, 5.74) is 5.08. The number of rotatable bonds is 2. The van der Waals surface area contributed by atoms with Gasteiger partial charge >= 0.3 is 10.2 Å². The number of hydrogen-bond donors (Lipinski definition) is 1. The lowest BCUT2D eigenvalue weighted by molar-refractivity contribution is -0.137. The molecule has 1 spiro atoms.